The number of amides is 1. The highest BCUT2D eigenvalue weighted by Gasteiger charge is 2.25. The number of carbonyl (C=O) groups excluding carboxylic acids is 1. The monoisotopic (exact) mass is 417 g/mol. The molecule has 0 radical (unpaired) electrons. The van der Waals surface area contributed by atoms with Gasteiger partial charge < -0.3 is 9.88 Å². The van der Waals surface area contributed by atoms with Gasteiger partial charge in [-0.05, 0) is 49.9 Å². The summed E-state index contributed by atoms with van der Waals surface area (Å²) in [5.74, 6) is -0.156. The maximum absolute atomic E-state index is 12.7. The van der Waals surface area contributed by atoms with Crippen LogP contribution in [-0.4, -0.2) is 36.3 Å². The summed E-state index contributed by atoms with van der Waals surface area (Å²) >= 11 is 0. The minimum Gasteiger partial charge on any atom is -0.325 e. The van der Waals surface area contributed by atoms with E-state index in [9.17, 15) is 18.0 Å². The Labute approximate surface area is 171 Å². The van der Waals surface area contributed by atoms with Crippen molar-refractivity contribution in [3.8, 4) is 0 Å². The third kappa shape index (κ3) is 5.33. The first-order chi connectivity index (χ1) is 13.9. The summed E-state index contributed by atoms with van der Waals surface area (Å²) < 4.78 is 28.4. The first-order valence-electron chi connectivity index (χ1n) is 9.99. The number of benzene rings is 1. The van der Waals surface area contributed by atoms with Crippen molar-refractivity contribution in [3.05, 3.63) is 58.5 Å². The number of pyridine rings is 1. The standard InChI is InChI=1S/C21H27N3O4S/c1-2-23-16-18(9-13-21(23)26)22-20(25)12-8-17-6-10-19(11-7-17)29(27,28)24-14-4-3-5-15-24/h6-7,9-11,13,16H,2-5,8,12,14-15H2,1H3,(H,22,25). The molecule has 0 atom stereocenters. The number of sulfonamides is 1. The molecule has 1 fully saturated rings. The summed E-state index contributed by atoms with van der Waals surface area (Å²) in [6.07, 6.45) is 5.28. The van der Waals surface area contributed by atoms with E-state index >= 15 is 0 Å². The summed E-state index contributed by atoms with van der Waals surface area (Å²) in [7, 11) is -3.43. The van der Waals surface area contributed by atoms with E-state index in [2.05, 4.69) is 5.32 Å². The van der Waals surface area contributed by atoms with Gasteiger partial charge in [0.2, 0.25) is 15.9 Å². The Hall–Kier alpha value is -2.45. The lowest BCUT2D eigenvalue weighted by molar-refractivity contribution is -0.116. The van der Waals surface area contributed by atoms with Gasteiger partial charge in [-0.3, -0.25) is 9.59 Å². The van der Waals surface area contributed by atoms with Gasteiger partial charge in [0, 0.05) is 38.3 Å². The van der Waals surface area contributed by atoms with Crippen LogP contribution in [0.1, 0.15) is 38.2 Å². The Morgan fingerprint density at radius 3 is 2.38 bits per heavy atom. The van der Waals surface area contributed by atoms with Crippen molar-refractivity contribution in [2.24, 2.45) is 0 Å². The molecule has 1 N–H and O–H groups in total. The number of rotatable bonds is 7. The fraction of sp³-hybridized carbons (Fsp3) is 0.429. The average molecular weight is 418 g/mol. The Morgan fingerprint density at radius 1 is 1.03 bits per heavy atom. The van der Waals surface area contributed by atoms with Crippen LogP contribution in [0.2, 0.25) is 0 Å². The van der Waals surface area contributed by atoms with E-state index in [1.807, 2.05) is 6.92 Å². The van der Waals surface area contributed by atoms with Crippen molar-refractivity contribution < 1.29 is 13.2 Å². The molecule has 0 aliphatic carbocycles. The molecule has 2 heterocycles. The first kappa shape index (κ1) is 21.3. The maximum Gasteiger partial charge on any atom is 0.250 e. The van der Waals surface area contributed by atoms with Crippen molar-refractivity contribution in [2.75, 3.05) is 18.4 Å². The van der Waals surface area contributed by atoms with Gasteiger partial charge in [0.25, 0.3) is 5.56 Å². The van der Waals surface area contributed by atoms with Gasteiger partial charge in [-0.25, -0.2) is 8.42 Å². The molecule has 0 spiro atoms. The van der Waals surface area contributed by atoms with Gasteiger partial charge in [-0.1, -0.05) is 18.6 Å². The van der Waals surface area contributed by atoms with E-state index in [1.54, 1.807) is 40.8 Å². The first-order valence-corrected chi connectivity index (χ1v) is 11.4. The number of piperidine rings is 1. The van der Waals surface area contributed by atoms with Crippen LogP contribution in [0.4, 0.5) is 5.69 Å². The van der Waals surface area contributed by atoms with Crippen LogP contribution in [0, 0.1) is 0 Å². The highest BCUT2D eigenvalue weighted by Crippen LogP contribution is 2.21. The molecular formula is C21H27N3O4S. The molecule has 2 aromatic rings. The molecule has 1 aliphatic rings. The molecule has 1 aromatic heterocycles. The van der Waals surface area contributed by atoms with Crippen LogP contribution in [0.25, 0.3) is 0 Å². The topological polar surface area (TPSA) is 88.5 Å². The van der Waals surface area contributed by atoms with Crippen LogP contribution in [-0.2, 0) is 27.8 Å². The normalized spacial score (nSPS) is 15.2. The summed E-state index contributed by atoms with van der Waals surface area (Å²) in [5, 5.41) is 2.79. The van der Waals surface area contributed by atoms with Crippen LogP contribution in [0.3, 0.4) is 0 Å². The Morgan fingerprint density at radius 2 is 1.72 bits per heavy atom. The van der Waals surface area contributed by atoms with E-state index in [1.165, 1.54) is 10.6 Å². The predicted octanol–water partition coefficient (Wildman–Crippen LogP) is 2.61. The second-order valence-corrected chi connectivity index (χ2v) is 9.14. The lowest BCUT2D eigenvalue weighted by Gasteiger charge is -2.25. The average Bonchev–Trinajstić information content (AvgIpc) is 2.74. The van der Waals surface area contributed by atoms with E-state index in [-0.39, 0.29) is 17.9 Å². The van der Waals surface area contributed by atoms with Crippen LogP contribution in [0.15, 0.2) is 52.3 Å². The largest absolute Gasteiger partial charge is 0.325 e. The van der Waals surface area contributed by atoms with E-state index < -0.39 is 10.0 Å². The van der Waals surface area contributed by atoms with Gasteiger partial charge in [0.05, 0.1) is 10.6 Å². The lowest BCUT2D eigenvalue weighted by Crippen LogP contribution is -2.35. The number of nitrogens with zero attached hydrogens (tertiary/aromatic N) is 2. The maximum atomic E-state index is 12.7. The molecule has 7 nitrogen and oxygen atoms in total. The fourth-order valence-corrected chi connectivity index (χ4v) is 4.93. The van der Waals surface area contributed by atoms with E-state index in [0.717, 1.165) is 24.8 Å². The van der Waals surface area contributed by atoms with Crippen LogP contribution >= 0.6 is 0 Å². The number of nitrogens with one attached hydrogen (secondary N) is 1. The van der Waals surface area contributed by atoms with Crippen LogP contribution < -0.4 is 10.9 Å². The van der Waals surface area contributed by atoms with Crippen molar-refractivity contribution >= 4 is 21.6 Å². The second kappa shape index (κ2) is 9.37. The number of hydrogen-bond acceptors (Lipinski definition) is 4. The summed E-state index contributed by atoms with van der Waals surface area (Å²) in [5.41, 5.74) is 1.38. The minimum absolute atomic E-state index is 0.106. The third-order valence-corrected chi connectivity index (χ3v) is 7.04. The molecule has 1 amide bonds. The molecule has 8 heteroatoms. The van der Waals surface area contributed by atoms with E-state index in [0.29, 0.717) is 36.6 Å². The smallest absolute Gasteiger partial charge is 0.250 e. The Balaban J connectivity index is 1.57. The molecule has 3 rings (SSSR count). The summed E-state index contributed by atoms with van der Waals surface area (Å²) in [6, 6.07) is 9.79. The van der Waals surface area contributed by atoms with Crippen molar-refractivity contribution in [1.82, 2.24) is 8.87 Å². The number of anilines is 1. The number of aryl methyl sites for hydroxylation is 2. The Bertz CT molecular complexity index is 1010. The highest BCUT2D eigenvalue weighted by molar-refractivity contribution is 7.89. The number of aromatic nitrogens is 1. The Kier molecular flexibility index (Phi) is 6.87. The highest BCUT2D eigenvalue weighted by atomic mass is 32.2. The summed E-state index contributed by atoms with van der Waals surface area (Å²) in [4.78, 5) is 24.1. The zero-order valence-corrected chi connectivity index (χ0v) is 17.5. The number of carbonyl (C=O) groups is 1. The molecule has 1 aromatic carbocycles. The molecule has 1 saturated heterocycles. The molecule has 0 unspecified atom stereocenters. The minimum atomic E-state index is -3.43. The van der Waals surface area contributed by atoms with Gasteiger partial charge in [-0.2, -0.15) is 4.31 Å². The van der Waals surface area contributed by atoms with E-state index in [4.69, 9.17) is 0 Å². The second-order valence-electron chi connectivity index (χ2n) is 7.20. The zero-order valence-electron chi connectivity index (χ0n) is 16.6. The van der Waals surface area contributed by atoms with Gasteiger partial charge in [0.15, 0.2) is 0 Å². The molecule has 0 saturated carbocycles. The summed E-state index contributed by atoms with van der Waals surface area (Å²) in [6.45, 7) is 3.56. The molecule has 0 bridgehead atoms. The van der Waals surface area contributed by atoms with Gasteiger partial charge >= 0.3 is 0 Å². The third-order valence-electron chi connectivity index (χ3n) is 5.12. The van der Waals surface area contributed by atoms with Crippen molar-refractivity contribution in [3.63, 3.8) is 0 Å². The fourth-order valence-electron chi connectivity index (χ4n) is 3.42. The lowest BCUT2D eigenvalue weighted by atomic mass is 10.1. The quantitative estimate of drug-likeness (QED) is 0.750. The van der Waals surface area contributed by atoms with Crippen LogP contribution in [0.5, 0.6) is 0 Å². The van der Waals surface area contributed by atoms with Gasteiger partial charge in [-0.15, -0.1) is 0 Å². The molecule has 1 aliphatic heterocycles. The van der Waals surface area contributed by atoms with Crippen molar-refractivity contribution in [1.29, 1.82) is 0 Å². The zero-order chi connectivity index (χ0) is 20.9. The SMILES string of the molecule is CCn1cc(NC(=O)CCc2ccc(S(=O)(=O)N3CCCCC3)cc2)ccc1=O. The van der Waals surface area contributed by atoms with Gasteiger partial charge in [0.1, 0.15) is 0 Å². The van der Waals surface area contributed by atoms with Crippen molar-refractivity contribution in [2.45, 2.75) is 50.5 Å². The predicted molar refractivity (Wildman–Crippen MR) is 112 cm³/mol. The number of hydrogen-bond donors (Lipinski definition) is 1. The molecule has 29 heavy (non-hydrogen) atoms. The molecule has 156 valence electrons. The molecular weight excluding hydrogens is 390 g/mol.